The van der Waals surface area contributed by atoms with Gasteiger partial charge in [-0.15, -0.1) is 0 Å². The maximum absolute atomic E-state index is 11.7. The highest BCUT2D eigenvalue weighted by molar-refractivity contribution is 6.42. The van der Waals surface area contributed by atoms with E-state index < -0.39 is 0 Å². The number of rotatable bonds is 10. The number of imidazole rings is 1. The zero-order valence-corrected chi connectivity index (χ0v) is 19.6. The third-order valence-electron chi connectivity index (χ3n) is 5.43. The van der Waals surface area contributed by atoms with Crippen LogP contribution in [0.25, 0.3) is 23.2 Å². The lowest BCUT2D eigenvalue weighted by molar-refractivity contribution is -0.647. The van der Waals surface area contributed by atoms with Gasteiger partial charge in [0.25, 0.3) is 5.82 Å². The molecule has 0 aliphatic heterocycles. The first kappa shape index (κ1) is 23.4. The van der Waals surface area contributed by atoms with Crippen molar-refractivity contribution in [2.75, 3.05) is 13.1 Å². The molecule has 0 aliphatic rings. The van der Waals surface area contributed by atoms with Crippen LogP contribution in [0.4, 0.5) is 0 Å². The maximum atomic E-state index is 11.7. The Bertz CT molecular complexity index is 1080. The minimum absolute atomic E-state index is 0.0656. The third kappa shape index (κ3) is 5.70. The Morgan fingerprint density at radius 2 is 1.97 bits per heavy atom. The summed E-state index contributed by atoms with van der Waals surface area (Å²) in [5, 5.41) is 3.90. The van der Waals surface area contributed by atoms with E-state index in [0.717, 1.165) is 48.4 Å². The van der Waals surface area contributed by atoms with Gasteiger partial charge in [0.1, 0.15) is 0 Å². The number of nitrogens with one attached hydrogen (secondary N) is 1. The molecule has 0 unspecified atom stereocenters. The highest BCUT2D eigenvalue weighted by atomic mass is 35.5. The van der Waals surface area contributed by atoms with Crippen LogP contribution in [0, 0.1) is 0 Å². The van der Waals surface area contributed by atoms with Gasteiger partial charge in [-0.1, -0.05) is 23.2 Å². The van der Waals surface area contributed by atoms with E-state index >= 15 is 0 Å². The van der Waals surface area contributed by atoms with Gasteiger partial charge in [0, 0.05) is 56.7 Å². The molecule has 1 amide bonds. The van der Waals surface area contributed by atoms with Gasteiger partial charge in [-0.25, -0.2) is 9.13 Å². The molecule has 166 valence electrons. The van der Waals surface area contributed by atoms with Crippen LogP contribution in [0.1, 0.15) is 37.2 Å². The molecule has 3 aromatic rings. The molecule has 3 N–H and O–H groups in total. The first-order valence-corrected chi connectivity index (χ1v) is 11.3. The van der Waals surface area contributed by atoms with E-state index in [2.05, 4.69) is 37.2 Å². The van der Waals surface area contributed by atoms with Gasteiger partial charge in [-0.05, 0) is 37.5 Å². The minimum atomic E-state index is 0.0656. The number of aryl methyl sites for hydroxylation is 3. The van der Waals surface area contributed by atoms with Crippen molar-refractivity contribution in [1.82, 2.24) is 14.5 Å². The molecule has 0 radical (unpaired) electrons. The molecule has 8 heteroatoms. The first-order valence-electron chi connectivity index (χ1n) is 10.6. The van der Waals surface area contributed by atoms with E-state index in [1.165, 1.54) is 0 Å². The number of nitrogens with zero attached hydrogens (tertiary/aromatic N) is 3. The number of amides is 1. The molecule has 0 fully saturated rings. The molecule has 0 saturated heterocycles. The lowest BCUT2D eigenvalue weighted by Crippen LogP contribution is -2.31. The lowest BCUT2D eigenvalue weighted by Gasteiger charge is -2.04. The fraction of sp³-hybridized carbons (Fsp3) is 0.391. The van der Waals surface area contributed by atoms with E-state index in [1.807, 2.05) is 38.5 Å². The summed E-state index contributed by atoms with van der Waals surface area (Å²) in [5.74, 6) is 1.13. The number of hydrogen-bond donors (Lipinski definition) is 2. The summed E-state index contributed by atoms with van der Waals surface area (Å²) >= 11 is 12.6. The van der Waals surface area contributed by atoms with Crippen LogP contribution in [0.3, 0.4) is 0 Å². The van der Waals surface area contributed by atoms with E-state index in [9.17, 15) is 4.79 Å². The Labute approximate surface area is 193 Å². The topological polar surface area (TPSA) is 68.9 Å². The standard InChI is InChI=1S/C23H29Cl2N5O/c1-28-13-6-7-17(28)9-10-23-29(2)20-15-18(24)19(25)16-21(20)30(23)14-5-3-4-8-22(31)27-12-11-26/h6-7,9-10,13,15-16H,3-5,8,11-12,14,26H2,1-2H3/p+1. The third-order valence-corrected chi connectivity index (χ3v) is 6.15. The zero-order chi connectivity index (χ0) is 22.4. The average molecular weight is 463 g/mol. The molecule has 2 heterocycles. The minimum Gasteiger partial charge on any atom is -0.355 e. The highest BCUT2D eigenvalue weighted by Crippen LogP contribution is 2.28. The Balaban J connectivity index is 1.79. The van der Waals surface area contributed by atoms with Crippen molar-refractivity contribution in [2.45, 2.75) is 32.2 Å². The summed E-state index contributed by atoms with van der Waals surface area (Å²) < 4.78 is 6.48. The van der Waals surface area contributed by atoms with Crippen molar-refractivity contribution in [3.63, 3.8) is 0 Å². The molecule has 0 atom stereocenters. The molecule has 0 saturated carbocycles. The van der Waals surface area contributed by atoms with E-state index in [1.54, 1.807) is 0 Å². The van der Waals surface area contributed by atoms with E-state index in [4.69, 9.17) is 28.9 Å². The van der Waals surface area contributed by atoms with Gasteiger partial charge in [0.2, 0.25) is 5.91 Å². The number of benzene rings is 1. The Hall–Kier alpha value is -2.28. The number of nitrogens with two attached hydrogens (primary N) is 1. The summed E-state index contributed by atoms with van der Waals surface area (Å²) in [7, 11) is 4.06. The molecule has 6 nitrogen and oxygen atoms in total. The number of unbranched alkanes of at least 4 members (excludes halogenated alkanes) is 2. The van der Waals surface area contributed by atoms with Gasteiger partial charge in [-0.2, -0.15) is 0 Å². The second-order valence-corrected chi connectivity index (χ2v) is 8.46. The van der Waals surface area contributed by atoms with Gasteiger partial charge in [0.15, 0.2) is 11.0 Å². The predicted molar refractivity (Wildman–Crippen MR) is 128 cm³/mol. The molecule has 3 rings (SSSR count). The summed E-state index contributed by atoms with van der Waals surface area (Å²) in [6.07, 6.45) is 9.55. The number of carbonyl (C=O) groups is 1. The first-order chi connectivity index (χ1) is 14.9. The SMILES string of the molecule is Cn1cccc1/C=C/c1n(CCCCCC(=O)NCCN)c2cc(Cl)c(Cl)cc2[n+]1C. The normalized spacial score (nSPS) is 11.6. The van der Waals surface area contributed by atoms with Crippen LogP contribution in [-0.2, 0) is 25.4 Å². The fourth-order valence-electron chi connectivity index (χ4n) is 3.71. The fourth-order valence-corrected chi connectivity index (χ4v) is 4.03. The maximum Gasteiger partial charge on any atom is 0.282 e. The summed E-state index contributed by atoms with van der Waals surface area (Å²) in [6, 6.07) is 7.95. The summed E-state index contributed by atoms with van der Waals surface area (Å²) in [6.45, 7) is 1.83. The Morgan fingerprint density at radius 3 is 2.68 bits per heavy atom. The summed E-state index contributed by atoms with van der Waals surface area (Å²) in [4.78, 5) is 11.7. The van der Waals surface area contributed by atoms with Gasteiger partial charge >= 0.3 is 0 Å². The van der Waals surface area contributed by atoms with Crippen molar-refractivity contribution >= 4 is 52.3 Å². The lowest BCUT2D eigenvalue weighted by atomic mass is 10.2. The molecular weight excluding hydrogens is 433 g/mol. The second kappa shape index (κ2) is 10.8. The van der Waals surface area contributed by atoms with Gasteiger partial charge in [0.05, 0.1) is 23.6 Å². The number of aromatic nitrogens is 3. The average Bonchev–Trinajstić information content (AvgIpc) is 3.26. The van der Waals surface area contributed by atoms with E-state index in [-0.39, 0.29) is 5.91 Å². The number of halogens is 2. The van der Waals surface area contributed by atoms with Gasteiger partial charge < -0.3 is 15.6 Å². The van der Waals surface area contributed by atoms with Gasteiger partial charge in [-0.3, -0.25) is 4.79 Å². The number of fused-ring (bicyclic) bond motifs is 1. The van der Waals surface area contributed by atoms with Crippen molar-refractivity contribution in [3.05, 3.63) is 52.0 Å². The van der Waals surface area contributed by atoms with Crippen molar-refractivity contribution in [1.29, 1.82) is 0 Å². The molecule has 0 spiro atoms. The molecule has 0 aliphatic carbocycles. The second-order valence-electron chi connectivity index (χ2n) is 7.65. The van der Waals surface area contributed by atoms with E-state index in [0.29, 0.717) is 29.6 Å². The molecule has 2 aromatic heterocycles. The van der Waals surface area contributed by atoms with Crippen LogP contribution in [0.2, 0.25) is 10.0 Å². The molecule has 1 aromatic carbocycles. The monoisotopic (exact) mass is 462 g/mol. The largest absolute Gasteiger partial charge is 0.355 e. The Morgan fingerprint density at radius 1 is 1.19 bits per heavy atom. The Kier molecular flexibility index (Phi) is 8.18. The highest BCUT2D eigenvalue weighted by Gasteiger charge is 2.22. The van der Waals surface area contributed by atoms with Crippen LogP contribution in [0.15, 0.2) is 30.5 Å². The number of hydrogen-bond acceptors (Lipinski definition) is 2. The van der Waals surface area contributed by atoms with Crippen LogP contribution in [-0.4, -0.2) is 28.1 Å². The zero-order valence-electron chi connectivity index (χ0n) is 18.1. The molecule has 31 heavy (non-hydrogen) atoms. The van der Waals surface area contributed by atoms with Crippen LogP contribution >= 0.6 is 23.2 Å². The summed E-state index contributed by atoms with van der Waals surface area (Å²) in [5.41, 5.74) is 8.62. The van der Waals surface area contributed by atoms with Crippen LogP contribution < -0.4 is 15.6 Å². The molecular formula is C23H30Cl2N5O+. The predicted octanol–water partition coefficient (Wildman–Crippen LogP) is 3.92. The van der Waals surface area contributed by atoms with Crippen LogP contribution in [0.5, 0.6) is 0 Å². The van der Waals surface area contributed by atoms with Crippen molar-refractivity contribution in [3.8, 4) is 0 Å². The smallest absolute Gasteiger partial charge is 0.282 e. The number of carbonyl (C=O) groups excluding carboxylic acids is 1. The van der Waals surface area contributed by atoms with Crippen molar-refractivity contribution in [2.24, 2.45) is 19.8 Å². The quantitative estimate of drug-likeness (QED) is 0.354. The van der Waals surface area contributed by atoms with Crippen molar-refractivity contribution < 1.29 is 9.36 Å². The molecule has 0 bridgehead atoms.